The van der Waals surface area contributed by atoms with Crippen molar-refractivity contribution in [3.63, 3.8) is 0 Å². The first-order valence-corrected chi connectivity index (χ1v) is 5.66. The van der Waals surface area contributed by atoms with Gasteiger partial charge in [0.1, 0.15) is 6.10 Å². The molecule has 0 bridgehead atoms. The van der Waals surface area contributed by atoms with Gasteiger partial charge in [0.05, 0.1) is 30.1 Å². The van der Waals surface area contributed by atoms with E-state index in [-0.39, 0.29) is 43.5 Å². The van der Waals surface area contributed by atoms with Crippen LogP contribution in [0.25, 0.3) is 0 Å². The van der Waals surface area contributed by atoms with Crippen LogP contribution < -0.4 is 10.6 Å². The van der Waals surface area contributed by atoms with E-state index < -0.39 is 18.2 Å². The summed E-state index contributed by atoms with van der Waals surface area (Å²) in [4.78, 5) is 18.6. The summed E-state index contributed by atoms with van der Waals surface area (Å²) in [7, 11) is 0. The highest BCUT2D eigenvalue weighted by Crippen LogP contribution is 2.09. The van der Waals surface area contributed by atoms with E-state index in [1.807, 2.05) is 0 Å². The number of rotatable bonds is 2. The summed E-state index contributed by atoms with van der Waals surface area (Å²) in [5.41, 5.74) is 0.510. The van der Waals surface area contributed by atoms with Crippen molar-refractivity contribution in [2.75, 3.05) is 18.4 Å². The van der Waals surface area contributed by atoms with E-state index in [9.17, 15) is 15.0 Å². The number of hydrogen-bond donors (Lipinski definition) is 5. The molecule has 0 radical (unpaired) electrons. The monoisotopic (exact) mass is 338 g/mol. The van der Waals surface area contributed by atoms with Crippen LogP contribution in [0.3, 0.4) is 0 Å². The molecule has 0 unspecified atom stereocenters. The highest BCUT2D eigenvalue weighted by atomic mass is 35.5. The number of aromatic carboxylic acids is 1. The van der Waals surface area contributed by atoms with Gasteiger partial charge in [0.25, 0.3) is 0 Å². The minimum absolute atomic E-state index is 0. The second-order valence-electron chi connectivity index (χ2n) is 4.10. The minimum Gasteiger partial charge on any atom is -0.478 e. The summed E-state index contributed by atoms with van der Waals surface area (Å²) in [6, 6.07) is 1.41. The van der Waals surface area contributed by atoms with Gasteiger partial charge in [0.15, 0.2) is 5.96 Å². The zero-order valence-electron chi connectivity index (χ0n) is 10.8. The molecule has 8 nitrogen and oxygen atoms in total. The normalized spacial score (nSPS) is 20.8. The summed E-state index contributed by atoms with van der Waals surface area (Å²) in [6.07, 6.45) is 0.874. The number of nitrogens with one attached hydrogen (secondary N) is 2. The molecular formula is C11H16Cl2N4O4. The molecular weight excluding hydrogens is 323 g/mol. The van der Waals surface area contributed by atoms with E-state index in [1.165, 1.54) is 18.5 Å². The van der Waals surface area contributed by atoms with Crippen LogP contribution in [0.5, 0.6) is 0 Å². The van der Waals surface area contributed by atoms with E-state index >= 15 is 0 Å². The van der Waals surface area contributed by atoms with Gasteiger partial charge in [0.2, 0.25) is 0 Å². The third kappa shape index (κ3) is 5.35. The number of carbonyl (C=O) groups is 1. The lowest BCUT2D eigenvalue weighted by Crippen LogP contribution is -2.38. The Morgan fingerprint density at radius 1 is 1.29 bits per heavy atom. The van der Waals surface area contributed by atoms with Gasteiger partial charge in [-0.3, -0.25) is 9.98 Å². The Labute approximate surface area is 133 Å². The topological polar surface area (TPSA) is 127 Å². The lowest BCUT2D eigenvalue weighted by atomic mass is 10.2. The summed E-state index contributed by atoms with van der Waals surface area (Å²) in [6.45, 7) is 0.210. The Morgan fingerprint density at radius 2 is 2.00 bits per heavy atom. The fourth-order valence-corrected chi connectivity index (χ4v) is 1.55. The maximum absolute atomic E-state index is 10.8. The van der Waals surface area contributed by atoms with Gasteiger partial charge in [-0.2, -0.15) is 0 Å². The van der Waals surface area contributed by atoms with Crippen molar-refractivity contribution in [3.05, 3.63) is 24.0 Å². The summed E-state index contributed by atoms with van der Waals surface area (Å²) in [5.74, 6) is -0.724. The van der Waals surface area contributed by atoms with Gasteiger partial charge in [0, 0.05) is 12.7 Å². The van der Waals surface area contributed by atoms with Gasteiger partial charge >= 0.3 is 5.97 Å². The molecule has 0 spiro atoms. The van der Waals surface area contributed by atoms with Gasteiger partial charge in [-0.1, -0.05) is 0 Å². The number of pyridine rings is 1. The molecule has 0 saturated heterocycles. The van der Waals surface area contributed by atoms with E-state index in [0.717, 1.165) is 0 Å². The van der Waals surface area contributed by atoms with Gasteiger partial charge < -0.3 is 26.0 Å². The smallest absolute Gasteiger partial charge is 0.337 e. The molecule has 1 aromatic heterocycles. The first-order valence-electron chi connectivity index (χ1n) is 5.66. The Morgan fingerprint density at radius 3 is 2.67 bits per heavy atom. The third-order valence-electron chi connectivity index (χ3n) is 2.61. The molecule has 0 amide bonds. The molecule has 2 heterocycles. The lowest BCUT2D eigenvalue weighted by Gasteiger charge is -2.13. The quantitative estimate of drug-likeness (QED) is 0.501. The zero-order valence-corrected chi connectivity index (χ0v) is 12.4. The maximum Gasteiger partial charge on any atom is 0.337 e. The summed E-state index contributed by atoms with van der Waals surface area (Å²) >= 11 is 0. The Kier molecular flexibility index (Phi) is 7.97. The molecule has 1 aliphatic rings. The standard InChI is InChI=1S/C11H14N4O4.2ClH/c16-8-4-13-11(14-5-9(8)17)15-7-1-6(10(18)19)2-12-3-7;;/h1-3,8-9,16-17H,4-5H2,(H,18,19)(H2,13,14,15);2*1H/t8-,9-;;/m0../s1. The number of aliphatic hydroxyl groups is 2. The number of β-amino-alcohol motifs (C(OH)–C–C–N with tert-alkyl or cyclic N) is 1. The van der Waals surface area contributed by atoms with Crippen LogP contribution in [0.1, 0.15) is 10.4 Å². The molecule has 2 atom stereocenters. The molecule has 118 valence electrons. The number of guanidine groups is 1. The number of aromatic nitrogens is 1. The molecule has 0 aliphatic carbocycles. The average molecular weight is 339 g/mol. The Hall–Kier alpha value is -1.61. The zero-order chi connectivity index (χ0) is 13.8. The van der Waals surface area contributed by atoms with Gasteiger partial charge in [-0.05, 0) is 6.07 Å². The summed E-state index contributed by atoms with van der Waals surface area (Å²) < 4.78 is 0. The molecule has 10 heteroatoms. The van der Waals surface area contributed by atoms with Crippen LogP contribution in [0.2, 0.25) is 0 Å². The van der Waals surface area contributed by atoms with Crippen molar-refractivity contribution < 1.29 is 20.1 Å². The molecule has 21 heavy (non-hydrogen) atoms. The van der Waals surface area contributed by atoms with Gasteiger partial charge in [-0.25, -0.2) is 4.79 Å². The molecule has 2 rings (SSSR count). The Bertz CT molecular complexity index is 515. The number of halogens is 2. The molecule has 0 aromatic carbocycles. The van der Waals surface area contributed by atoms with Crippen molar-refractivity contribution in [2.45, 2.75) is 12.2 Å². The SMILES string of the molecule is Cl.Cl.O=C(O)c1cncc(NC2=NC[C@H](O)[C@@H](O)CN2)c1. The van der Waals surface area contributed by atoms with Crippen LogP contribution in [0, 0.1) is 0 Å². The van der Waals surface area contributed by atoms with Crippen molar-refractivity contribution >= 4 is 42.4 Å². The number of anilines is 1. The Balaban J connectivity index is 0.00000200. The number of nitrogens with zero attached hydrogens (tertiary/aromatic N) is 2. The minimum atomic E-state index is -1.07. The first kappa shape index (κ1) is 19.4. The highest BCUT2D eigenvalue weighted by molar-refractivity contribution is 5.95. The molecule has 5 N–H and O–H groups in total. The fraction of sp³-hybridized carbons (Fsp3) is 0.364. The molecule has 0 saturated carbocycles. The maximum atomic E-state index is 10.8. The largest absolute Gasteiger partial charge is 0.478 e. The predicted octanol–water partition coefficient (Wildman–Crippen LogP) is -0.284. The predicted molar refractivity (Wildman–Crippen MR) is 81.6 cm³/mol. The number of carboxylic acid groups (broad SMARTS) is 1. The molecule has 1 aliphatic heterocycles. The lowest BCUT2D eigenvalue weighted by molar-refractivity contribution is 0.0313. The van der Waals surface area contributed by atoms with E-state index in [1.54, 1.807) is 0 Å². The second kappa shape index (κ2) is 8.63. The van der Waals surface area contributed by atoms with Crippen molar-refractivity contribution in [2.24, 2.45) is 4.99 Å². The number of aliphatic imine (C=N–C) groups is 1. The second-order valence-corrected chi connectivity index (χ2v) is 4.10. The van der Waals surface area contributed by atoms with Crippen LogP contribution in [0.4, 0.5) is 5.69 Å². The van der Waals surface area contributed by atoms with Crippen LogP contribution in [0.15, 0.2) is 23.5 Å². The average Bonchev–Trinajstić information content (AvgIpc) is 2.55. The fourth-order valence-electron chi connectivity index (χ4n) is 1.55. The van der Waals surface area contributed by atoms with E-state index in [0.29, 0.717) is 11.6 Å². The third-order valence-corrected chi connectivity index (χ3v) is 2.61. The van der Waals surface area contributed by atoms with Crippen molar-refractivity contribution in [1.82, 2.24) is 10.3 Å². The number of carboxylic acids is 1. The van der Waals surface area contributed by atoms with E-state index in [4.69, 9.17) is 5.11 Å². The highest BCUT2D eigenvalue weighted by Gasteiger charge is 2.19. The number of aliphatic hydroxyl groups excluding tert-OH is 2. The van der Waals surface area contributed by atoms with E-state index in [2.05, 4.69) is 20.6 Å². The first-order chi connectivity index (χ1) is 9.06. The van der Waals surface area contributed by atoms with Crippen molar-refractivity contribution in [3.8, 4) is 0 Å². The van der Waals surface area contributed by atoms with Crippen molar-refractivity contribution in [1.29, 1.82) is 0 Å². The van der Waals surface area contributed by atoms with Crippen LogP contribution in [-0.2, 0) is 0 Å². The molecule has 0 fully saturated rings. The number of hydrogen-bond acceptors (Lipinski definition) is 7. The van der Waals surface area contributed by atoms with Gasteiger partial charge in [-0.15, -0.1) is 24.8 Å². The molecule has 1 aromatic rings. The van der Waals surface area contributed by atoms with Crippen LogP contribution in [-0.4, -0.2) is 57.5 Å². The van der Waals surface area contributed by atoms with Crippen LogP contribution >= 0.6 is 24.8 Å². The summed E-state index contributed by atoms with van der Waals surface area (Å²) in [5, 5.41) is 33.4.